The number of allylic oxidation sites excluding steroid dienone is 2. The summed E-state index contributed by atoms with van der Waals surface area (Å²) in [5, 5.41) is 20.6. The molecule has 0 bridgehead atoms. The van der Waals surface area contributed by atoms with Crippen molar-refractivity contribution < 1.29 is 15.0 Å². The first-order valence-corrected chi connectivity index (χ1v) is 11.9. The number of carboxylic acids is 1. The predicted octanol–water partition coefficient (Wildman–Crippen LogP) is 7.26. The van der Waals surface area contributed by atoms with Crippen LogP contribution in [-0.4, -0.2) is 22.3 Å². The molecule has 2 N–H and O–H groups in total. The highest BCUT2D eigenvalue weighted by Gasteiger charge is 2.51. The second kappa shape index (κ2) is 8.94. The van der Waals surface area contributed by atoms with Crippen molar-refractivity contribution in [2.45, 2.75) is 92.1 Å². The van der Waals surface area contributed by atoms with Gasteiger partial charge in [0.2, 0.25) is 0 Å². The Balaban J connectivity index is 1.86. The normalized spacial score (nSPS) is 22.5. The number of carboxylic acid groups (broad SMARTS) is 1. The summed E-state index contributed by atoms with van der Waals surface area (Å²) in [6.45, 7) is 11.8. The van der Waals surface area contributed by atoms with Crippen LogP contribution in [0.4, 0.5) is 0 Å². The Morgan fingerprint density at radius 2 is 1.55 bits per heavy atom. The van der Waals surface area contributed by atoms with Gasteiger partial charge in [-0.05, 0) is 60.6 Å². The van der Waals surface area contributed by atoms with Crippen LogP contribution in [0.15, 0.2) is 41.5 Å². The molecule has 170 valence electrons. The lowest BCUT2D eigenvalue weighted by Gasteiger charge is -2.41. The van der Waals surface area contributed by atoms with E-state index in [9.17, 15) is 9.90 Å². The molecule has 31 heavy (non-hydrogen) atoms. The van der Waals surface area contributed by atoms with Crippen LogP contribution in [0.25, 0.3) is 6.08 Å². The van der Waals surface area contributed by atoms with Gasteiger partial charge in [-0.2, -0.15) is 0 Å². The molecule has 0 heterocycles. The number of benzene rings is 1. The monoisotopic (exact) mass is 424 g/mol. The number of aliphatic hydroxyl groups excluding tert-OH is 1. The molecule has 0 radical (unpaired) electrons. The average Bonchev–Trinajstić information content (AvgIpc) is 3.14. The van der Waals surface area contributed by atoms with Crippen molar-refractivity contribution in [1.82, 2.24) is 0 Å². The second-order valence-electron chi connectivity index (χ2n) is 11.1. The van der Waals surface area contributed by atoms with Crippen LogP contribution in [0.2, 0.25) is 0 Å². The summed E-state index contributed by atoms with van der Waals surface area (Å²) < 4.78 is 0. The molecule has 0 aromatic heterocycles. The molecule has 3 rings (SSSR count). The van der Waals surface area contributed by atoms with Gasteiger partial charge < -0.3 is 10.2 Å². The summed E-state index contributed by atoms with van der Waals surface area (Å²) in [6, 6.07) is 6.85. The molecule has 3 nitrogen and oxygen atoms in total. The van der Waals surface area contributed by atoms with Crippen molar-refractivity contribution >= 4 is 12.0 Å². The molecular formula is C28H40O3. The summed E-state index contributed by atoms with van der Waals surface area (Å²) in [4.78, 5) is 11.1. The van der Waals surface area contributed by atoms with Crippen LogP contribution in [0.1, 0.15) is 102 Å². The summed E-state index contributed by atoms with van der Waals surface area (Å²) in [6.07, 6.45) is 12.4. The van der Waals surface area contributed by atoms with E-state index >= 15 is 0 Å². The lowest BCUT2D eigenvalue weighted by molar-refractivity contribution is 0.0562. The quantitative estimate of drug-likeness (QED) is 0.341. The highest BCUT2D eigenvalue weighted by Crippen LogP contribution is 2.62. The number of hydrogen-bond acceptors (Lipinski definition) is 2. The van der Waals surface area contributed by atoms with Crippen molar-refractivity contribution in [3.8, 4) is 0 Å². The maximum absolute atomic E-state index is 11.5. The van der Waals surface area contributed by atoms with Crippen LogP contribution in [0.3, 0.4) is 0 Å². The highest BCUT2D eigenvalue weighted by atomic mass is 16.4. The van der Waals surface area contributed by atoms with E-state index < -0.39 is 12.1 Å². The average molecular weight is 425 g/mol. The van der Waals surface area contributed by atoms with E-state index in [2.05, 4.69) is 34.6 Å². The van der Waals surface area contributed by atoms with Gasteiger partial charge in [0.05, 0.1) is 11.7 Å². The third-order valence-corrected chi connectivity index (χ3v) is 7.97. The van der Waals surface area contributed by atoms with Crippen molar-refractivity contribution in [1.29, 1.82) is 0 Å². The molecule has 1 aromatic carbocycles. The zero-order chi connectivity index (χ0) is 22.9. The molecule has 1 unspecified atom stereocenters. The molecule has 3 heteroatoms. The van der Waals surface area contributed by atoms with Gasteiger partial charge in [-0.3, -0.25) is 0 Å². The van der Waals surface area contributed by atoms with E-state index in [1.165, 1.54) is 25.7 Å². The number of carbonyl (C=O) groups is 1. The van der Waals surface area contributed by atoms with Gasteiger partial charge >= 0.3 is 5.97 Å². The fourth-order valence-electron chi connectivity index (χ4n) is 5.61. The smallest absolute Gasteiger partial charge is 0.335 e. The number of hydrogen-bond donors (Lipinski definition) is 2. The van der Waals surface area contributed by atoms with Crippen molar-refractivity contribution in [3.05, 3.63) is 52.6 Å². The van der Waals surface area contributed by atoms with E-state index in [4.69, 9.17) is 5.11 Å². The molecule has 0 fully saturated rings. The van der Waals surface area contributed by atoms with Gasteiger partial charge in [0.25, 0.3) is 0 Å². The van der Waals surface area contributed by atoms with Gasteiger partial charge in [-0.25, -0.2) is 4.79 Å². The van der Waals surface area contributed by atoms with E-state index in [1.54, 1.807) is 35.4 Å². The molecule has 1 aromatic rings. The van der Waals surface area contributed by atoms with E-state index in [-0.39, 0.29) is 21.8 Å². The standard InChI is InChI=1S/C28H40O3/c1-6-7-8-15-28(18-22-23(19-28)27(4,5)17-16-26(22,2)3)24(29)14-11-20-9-12-21(13-10-20)25(30)31/h9-14,24,29H,6-8,15-19H2,1-5H3,(H,30,31)/b14-11+. The van der Waals surface area contributed by atoms with Crippen LogP contribution in [-0.2, 0) is 0 Å². The molecular weight excluding hydrogens is 384 g/mol. The number of rotatable bonds is 8. The van der Waals surface area contributed by atoms with E-state index in [0.717, 1.165) is 31.2 Å². The molecule has 1 atom stereocenters. The molecule has 0 amide bonds. The predicted molar refractivity (Wildman–Crippen MR) is 128 cm³/mol. The maximum Gasteiger partial charge on any atom is 0.335 e. The molecule has 0 saturated heterocycles. The lowest BCUT2D eigenvalue weighted by atomic mass is 9.64. The Morgan fingerprint density at radius 1 is 1.00 bits per heavy atom. The Hall–Kier alpha value is -1.87. The summed E-state index contributed by atoms with van der Waals surface area (Å²) in [7, 11) is 0. The Labute approximate surface area is 188 Å². The van der Waals surface area contributed by atoms with E-state index in [1.807, 2.05) is 12.2 Å². The van der Waals surface area contributed by atoms with Crippen LogP contribution >= 0.6 is 0 Å². The Morgan fingerprint density at radius 3 is 2.03 bits per heavy atom. The first-order valence-electron chi connectivity index (χ1n) is 11.9. The minimum absolute atomic E-state index is 0.129. The minimum Gasteiger partial charge on any atom is -0.478 e. The van der Waals surface area contributed by atoms with Crippen molar-refractivity contribution in [2.75, 3.05) is 0 Å². The zero-order valence-electron chi connectivity index (χ0n) is 20.0. The minimum atomic E-state index is -0.918. The molecule has 0 spiro atoms. The second-order valence-corrected chi connectivity index (χ2v) is 11.1. The van der Waals surface area contributed by atoms with Crippen LogP contribution in [0.5, 0.6) is 0 Å². The third kappa shape index (κ3) is 4.98. The number of aliphatic hydroxyl groups is 1. The number of unbranched alkanes of at least 4 members (excludes halogenated alkanes) is 2. The number of aromatic carboxylic acids is 1. The van der Waals surface area contributed by atoms with Gasteiger partial charge in [-0.15, -0.1) is 0 Å². The zero-order valence-corrected chi connectivity index (χ0v) is 20.0. The topological polar surface area (TPSA) is 57.5 Å². The van der Waals surface area contributed by atoms with Gasteiger partial charge in [-0.1, -0.05) is 89.3 Å². The van der Waals surface area contributed by atoms with Gasteiger partial charge in [0.15, 0.2) is 0 Å². The molecule has 0 saturated carbocycles. The fourth-order valence-corrected chi connectivity index (χ4v) is 5.61. The highest BCUT2D eigenvalue weighted by molar-refractivity contribution is 5.87. The largest absolute Gasteiger partial charge is 0.478 e. The first kappa shape index (κ1) is 23.8. The summed E-state index contributed by atoms with van der Waals surface area (Å²) >= 11 is 0. The summed E-state index contributed by atoms with van der Waals surface area (Å²) in [5.74, 6) is -0.918. The van der Waals surface area contributed by atoms with Crippen LogP contribution in [0, 0.1) is 16.2 Å². The first-order chi connectivity index (χ1) is 14.5. The third-order valence-electron chi connectivity index (χ3n) is 7.97. The lowest BCUT2D eigenvalue weighted by Crippen LogP contribution is -2.33. The van der Waals surface area contributed by atoms with Crippen molar-refractivity contribution in [3.63, 3.8) is 0 Å². The van der Waals surface area contributed by atoms with Crippen molar-refractivity contribution in [2.24, 2.45) is 16.2 Å². The molecule has 2 aliphatic carbocycles. The van der Waals surface area contributed by atoms with E-state index in [0.29, 0.717) is 0 Å². The van der Waals surface area contributed by atoms with Gasteiger partial charge in [0.1, 0.15) is 0 Å². The van der Waals surface area contributed by atoms with Crippen LogP contribution < -0.4 is 0 Å². The SMILES string of the molecule is CCCCCC1(C(O)/C=C/c2ccc(C(=O)O)cc2)CC2=C(C1)C(C)(C)CCC2(C)C. The van der Waals surface area contributed by atoms with Gasteiger partial charge in [0, 0.05) is 5.41 Å². The summed E-state index contributed by atoms with van der Waals surface area (Å²) in [5.41, 5.74) is 4.70. The molecule has 2 aliphatic rings. The Kier molecular flexibility index (Phi) is 6.86. The maximum atomic E-state index is 11.5. The fraction of sp³-hybridized carbons (Fsp3) is 0.607. The Bertz CT molecular complexity index is 827. The molecule has 0 aliphatic heterocycles.